The van der Waals surface area contributed by atoms with E-state index in [-0.39, 0.29) is 19.8 Å². The van der Waals surface area contributed by atoms with Gasteiger partial charge in [-0.3, -0.25) is 9.97 Å². The van der Waals surface area contributed by atoms with Gasteiger partial charge in [0.25, 0.3) is 0 Å². The molecule has 0 aliphatic rings. The molecular formula is C36H32N2OsP2+2. The number of benzene rings is 4. The van der Waals surface area contributed by atoms with Gasteiger partial charge < -0.3 is 0 Å². The van der Waals surface area contributed by atoms with E-state index in [0.717, 1.165) is 11.4 Å². The van der Waals surface area contributed by atoms with E-state index < -0.39 is 15.8 Å². The predicted molar refractivity (Wildman–Crippen MR) is 178 cm³/mol. The average molecular weight is 745 g/mol. The van der Waals surface area contributed by atoms with Crippen LogP contribution in [0.15, 0.2) is 182 Å². The SMILES string of the molecule is C(=C/[PH+](c1ccccc1)c1ccccc1)/[PH+](c1ccccc1)c1ccccc1.[Os].c1ccc(-c2ccccn2)nc1. The van der Waals surface area contributed by atoms with Gasteiger partial charge in [-0.15, -0.1) is 0 Å². The largest absolute Gasteiger partial charge is 0.255 e. The molecule has 202 valence electrons. The first kappa shape index (κ1) is 30.4. The summed E-state index contributed by atoms with van der Waals surface area (Å²) in [6, 6.07) is 55.3. The molecule has 2 heterocycles. The molecule has 0 saturated carbocycles. The Balaban J connectivity index is 0.000000249. The Morgan fingerprint density at radius 3 is 0.854 bits per heavy atom. The zero-order valence-electron chi connectivity index (χ0n) is 22.6. The monoisotopic (exact) mass is 746 g/mol. The molecular weight excluding hydrogens is 713 g/mol. The fourth-order valence-electron chi connectivity index (χ4n) is 4.38. The van der Waals surface area contributed by atoms with Gasteiger partial charge >= 0.3 is 0 Å². The fourth-order valence-corrected chi connectivity index (χ4v) is 9.36. The van der Waals surface area contributed by atoms with Crippen LogP contribution >= 0.6 is 15.8 Å². The minimum atomic E-state index is -0.964. The van der Waals surface area contributed by atoms with Gasteiger partial charge in [-0.05, 0) is 72.8 Å². The summed E-state index contributed by atoms with van der Waals surface area (Å²) in [5, 5.41) is 5.71. The molecule has 0 N–H and O–H groups in total. The summed E-state index contributed by atoms with van der Waals surface area (Å²) < 4.78 is 0. The second-order valence-corrected chi connectivity index (χ2v) is 13.7. The smallest absolute Gasteiger partial charge is 0.102 e. The maximum atomic E-state index is 4.19. The average Bonchev–Trinajstić information content (AvgIpc) is 3.06. The Hall–Kier alpha value is -3.58. The van der Waals surface area contributed by atoms with Crippen molar-refractivity contribution in [1.82, 2.24) is 9.97 Å². The van der Waals surface area contributed by atoms with Gasteiger partial charge in [-0.25, -0.2) is 0 Å². The molecule has 0 radical (unpaired) electrons. The quantitative estimate of drug-likeness (QED) is 0.160. The summed E-state index contributed by atoms with van der Waals surface area (Å²) in [6.45, 7) is 0. The molecule has 0 fully saturated rings. The van der Waals surface area contributed by atoms with Gasteiger partial charge in [0.1, 0.15) is 32.9 Å². The first-order valence-electron chi connectivity index (χ1n) is 13.3. The normalized spacial score (nSPS) is 10.6. The van der Waals surface area contributed by atoms with Crippen molar-refractivity contribution in [1.29, 1.82) is 0 Å². The molecule has 0 amide bonds. The fraction of sp³-hybridized carbons (Fsp3) is 0. The number of rotatable bonds is 7. The molecule has 5 heteroatoms. The van der Waals surface area contributed by atoms with Crippen LogP contribution in [0, 0.1) is 0 Å². The van der Waals surface area contributed by atoms with Crippen molar-refractivity contribution in [2.24, 2.45) is 0 Å². The van der Waals surface area contributed by atoms with E-state index in [4.69, 9.17) is 0 Å². The van der Waals surface area contributed by atoms with Crippen LogP contribution in [-0.4, -0.2) is 9.97 Å². The van der Waals surface area contributed by atoms with E-state index in [0.29, 0.717) is 0 Å². The van der Waals surface area contributed by atoms with E-state index in [2.05, 4.69) is 143 Å². The van der Waals surface area contributed by atoms with E-state index in [1.165, 1.54) is 21.2 Å². The molecule has 4 aromatic carbocycles. The summed E-state index contributed by atoms with van der Waals surface area (Å²) >= 11 is 0. The van der Waals surface area contributed by atoms with E-state index in [1.54, 1.807) is 12.4 Å². The zero-order chi connectivity index (χ0) is 27.2. The van der Waals surface area contributed by atoms with Crippen LogP contribution in [0.4, 0.5) is 0 Å². The van der Waals surface area contributed by atoms with Crippen molar-refractivity contribution >= 4 is 37.1 Å². The Morgan fingerprint density at radius 1 is 0.341 bits per heavy atom. The second kappa shape index (κ2) is 16.6. The molecule has 0 saturated heterocycles. The standard InChI is InChI=1S/C26H22P2.C10H8N2.Os/c1-5-13-23(14-6-1)27(24-15-7-2-8-16-24)21-22-28(25-17-9-3-10-18-25)26-19-11-4-12-20-26;1-3-7-11-9(5-1)10-6-2-4-8-12-10;/h1-22H;1-8H;/p+2/b22-21-;;. The van der Waals surface area contributed by atoms with Crippen molar-refractivity contribution < 1.29 is 19.8 Å². The van der Waals surface area contributed by atoms with Crippen molar-refractivity contribution in [3.8, 4) is 11.4 Å². The Morgan fingerprint density at radius 2 is 0.610 bits per heavy atom. The molecule has 0 bridgehead atoms. The molecule has 41 heavy (non-hydrogen) atoms. The molecule has 6 rings (SSSR count). The predicted octanol–water partition coefficient (Wildman–Crippen LogP) is 7.33. The molecule has 0 aliphatic carbocycles. The van der Waals surface area contributed by atoms with Gasteiger partial charge in [0, 0.05) is 32.2 Å². The number of aromatic nitrogens is 2. The third-order valence-corrected chi connectivity index (χ3v) is 11.5. The minimum Gasteiger partial charge on any atom is -0.255 e. The van der Waals surface area contributed by atoms with Crippen LogP contribution in [0.25, 0.3) is 11.4 Å². The van der Waals surface area contributed by atoms with Crippen LogP contribution in [0.2, 0.25) is 0 Å². The summed E-state index contributed by atoms with van der Waals surface area (Å²) in [7, 11) is -1.93. The number of nitrogens with zero attached hydrogens (tertiary/aromatic N) is 2. The Bertz CT molecular complexity index is 1370. The third kappa shape index (κ3) is 8.95. The molecule has 0 spiro atoms. The van der Waals surface area contributed by atoms with Gasteiger partial charge in [0.05, 0.1) is 27.2 Å². The Labute approximate surface area is 258 Å². The van der Waals surface area contributed by atoms with Crippen LogP contribution in [0.1, 0.15) is 0 Å². The maximum Gasteiger partial charge on any atom is 0.102 e. The Kier molecular flexibility index (Phi) is 12.3. The number of pyridine rings is 2. The zero-order valence-corrected chi connectivity index (χ0v) is 27.1. The first-order valence-corrected chi connectivity index (χ1v) is 16.5. The van der Waals surface area contributed by atoms with Crippen molar-refractivity contribution in [2.75, 3.05) is 0 Å². The molecule has 0 atom stereocenters. The summed E-state index contributed by atoms with van der Waals surface area (Å²) in [4.78, 5) is 8.37. The summed E-state index contributed by atoms with van der Waals surface area (Å²) in [5.74, 6) is 5.01. The third-order valence-electron chi connectivity index (χ3n) is 6.35. The number of hydrogen-bond acceptors (Lipinski definition) is 2. The molecule has 6 aromatic rings. The number of hydrogen-bond donors (Lipinski definition) is 0. The topological polar surface area (TPSA) is 25.8 Å². The van der Waals surface area contributed by atoms with Crippen LogP contribution in [-0.2, 0) is 19.8 Å². The van der Waals surface area contributed by atoms with Crippen molar-refractivity contribution in [2.45, 2.75) is 0 Å². The van der Waals surface area contributed by atoms with Gasteiger partial charge in [0.2, 0.25) is 0 Å². The molecule has 2 aromatic heterocycles. The molecule has 0 aliphatic heterocycles. The van der Waals surface area contributed by atoms with Crippen molar-refractivity contribution in [3.63, 3.8) is 0 Å². The van der Waals surface area contributed by atoms with Crippen LogP contribution < -0.4 is 21.2 Å². The summed E-state index contributed by atoms with van der Waals surface area (Å²) in [6.07, 6.45) is 3.54. The van der Waals surface area contributed by atoms with Crippen LogP contribution in [0.3, 0.4) is 0 Å². The van der Waals surface area contributed by atoms with Gasteiger partial charge in [-0.1, -0.05) is 84.9 Å². The van der Waals surface area contributed by atoms with Gasteiger partial charge in [0.15, 0.2) is 0 Å². The second-order valence-electron chi connectivity index (χ2n) is 9.05. The first-order chi connectivity index (χ1) is 19.9. The van der Waals surface area contributed by atoms with Gasteiger partial charge in [-0.2, -0.15) is 0 Å². The molecule has 0 unspecified atom stereocenters. The van der Waals surface area contributed by atoms with E-state index in [9.17, 15) is 0 Å². The van der Waals surface area contributed by atoms with E-state index in [1.807, 2.05) is 36.4 Å². The van der Waals surface area contributed by atoms with Crippen molar-refractivity contribution in [3.05, 3.63) is 182 Å². The summed E-state index contributed by atoms with van der Waals surface area (Å²) in [5.41, 5.74) is 1.83. The minimum absolute atomic E-state index is 0. The van der Waals surface area contributed by atoms with Crippen LogP contribution in [0.5, 0.6) is 0 Å². The van der Waals surface area contributed by atoms with E-state index >= 15 is 0 Å². The maximum absolute atomic E-state index is 4.19. The molecule has 2 nitrogen and oxygen atoms in total.